The molecule has 0 aromatic carbocycles. The van der Waals surface area contributed by atoms with Crippen molar-refractivity contribution in [2.75, 3.05) is 0 Å². The number of amides is 1. The summed E-state index contributed by atoms with van der Waals surface area (Å²) in [6, 6.07) is 5.25. The standard InChI is InChI=1S/C14H16N4O2/c1-18-6-2-3-12(18)14(20)15-10-4-5-11-9(7-10)8-13(19)17-16-11/h2-3,6,8,10H,4-5,7H2,1H3,(H,15,20)(H,17,19)/t10-/m0/s1. The molecule has 2 N–H and O–H groups in total. The molecule has 2 heterocycles. The largest absolute Gasteiger partial charge is 0.348 e. The fourth-order valence-corrected chi connectivity index (χ4v) is 2.62. The Hall–Kier alpha value is -2.37. The Kier molecular flexibility index (Phi) is 3.14. The summed E-state index contributed by atoms with van der Waals surface area (Å²) >= 11 is 0. The number of nitrogens with one attached hydrogen (secondary N) is 2. The number of rotatable bonds is 2. The first-order chi connectivity index (χ1) is 9.63. The van der Waals surface area contributed by atoms with Crippen molar-refractivity contribution in [3.8, 4) is 0 Å². The van der Waals surface area contributed by atoms with Gasteiger partial charge in [0.15, 0.2) is 0 Å². The maximum absolute atomic E-state index is 12.2. The third-order valence-electron chi connectivity index (χ3n) is 3.68. The molecular formula is C14H16N4O2. The maximum atomic E-state index is 12.2. The number of carbonyl (C=O) groups is 1. The predicted octanol–water partition coefficient (Wildman–Crippen LogP) is 0.396. The maximum Gasteiger partial charge on any atom is 0.268 e. The van der Waals surface area contributed by atoms with Crippen LogP contribution in [0.15, 0.2) is 29.2 Å². The van der Waals surface area contributed by atoms with E-state index in [4.69, 9.17) is 0 Å². The highest BCUT2D eigenvalue weighted by Crippen LogP contribution is 2.18. The van der Waals surface area contributed by atoms with Crippen LogP contribution in [0.5, 0.6) is 0 Å². The number of nitrogens with zero attached hydrogens (tertiary/aromatic N) is 2. The van der Waals surface area contributed by atoms with Crippen LogP contribution in [-0.4, -0.2) is 26.7 Å². The summed E-state index contributed by atoms with van der Waals surface area (Å²) in [4.78, 5) is 23.5. The number of hydrogen-bond donors (Lipinski definition) is 2. The molecule has 20 heavy (non-hydrogen) atoms. The van der Waals surface area contributed by atoms with E-state index in [1.54, 1.807) is 16.7 Å². The number of aromatic nitrogens is 3. The molecule has 104 valence electrons. The summed E-state index contributed by atoms with van der Waals surface area (Å²) in [7, 11) is 1.84. The normalized spacial score (nSPS) is 17.6. The Labute approximate surface area is 115 Å². The molecule has 1 aliphatic rings. The SMILES string of the molecule is Cn1cccc1C(=O)N[C@H]1CCc2n[nH]c(=O)cc2C1. The van der Waals surface area contributed by atoms with E-state index in [0.29, 0.717) is 12.1 Å². The van der Waals surface area contributed by atoms with Crippen molar-refractivity contribution in [3.05, 3.63) is 51.7 Å². The Morgan fingerprint density at radius 1 is 1.55 bits per heavy atom. The lowest BCUT2D eigenvalue weighted by Gasteiger charge is -2.24. The lowest BCUT2D eigenvalue weighted by atomic mass is 9.92. The Bertz CT molecular complexity index is 701. The Balaban J connectivity index is 1.73. The molecule has 0 unspecified atom stereocenters. The zero-order chi connectivity index (χ0) is 14.1. The summed E-state index contributed by atoms with van der Waals surface area (Å²) < 4.78 is 1.79. The molecule has 6 heteroatoms. The summed E-state index contributed by atoms with van der Waals surface area (Å²) in [5.41, 5.74) is 2.30. The third-order valence-corrected chi connectivity index (χ3v) is 3.68. The van der Waals surface area contributed by atoms with Crippen LogP contribution in [0.25, 0.3) is 0 Å². The van der Waals surface area contributed by atoms with Crippen LogP contribution in [0.3, 0.4) is 0 Å². The van der Waals surface area contributed by atoms with Gasteiger partial charge in [-0.15, -0.1) is 0 Å². The fraction of sp³-hybridized carbons (Fsp3) is 0.357. The molecule has 3 rings (SSSR count). The van der Waals surface area contributed by atoms with E-state index in [-0.39, 0.29) is 17.5 Å². The van der Waals surface area contributed by atoms with E-state index in [1.165, 1.54) is 0 Å². The second-order valence-electron chi connectivity index (χ2n) is 5.12. The van der Waals surface area contributed by atoms with Crippen molar-refractivity contribution >= 4 is 5.91 Å². The van der Waals surface area contributed by atoms with E-state index >= 15 is 0 Å². The first-order valence-corrected chi connectivity index (χ1v) is 6.63. The van der Waals surface area contributed by atoms with Crippen molar-refractivity contribution < 1.29 is 4.79 Å². The molecule has 0 radical (unpaired) electrons. The monoisotopic (exact) mass is 272 g/mol. The summed E-state index contributed by atoms with van der Waals surface area (Å²) in [6.45, 7) is 0. The van der Waals surface area contributed by atoms with Gasteiger partial charge < -0.3 is 9.88 Å². The molecule has 0 saturated heterocycles. The van der Waals surface area contributed by atoms with Crippen molar-refractivity contribution in [2.24, 2.45) is 7.05 Å². The van der Waals surface area contributed by atoms with E-state index in [9.17, 15) is 9.59 Å². The molecule has 1 aliphatic carbocycles. The lowest BCUT2D eigenvalue weighted by molar-refractivity contribution is 0.0925. The van der Waals surface area contributed by atoms with Gasteiger partial charge in [0.1, 0.15) is 5.69 Å². The van der Waals surface area contributed by atoms with Crippen molar-refractivity contribution in [3.63, 3.8) is 0 Å². The van der Waals surface area contributed by atoms with E-state index < -0.39 is 0 Å². The average Bonchev–Trinajstić information content (AvgIpc) is 2.84. The van der Waals surface area contributed by atoms with E-state index in [0.717, 1.165) is 24.1 Å². The number of aryl methyl sites for hydroxylation is 2. The van der Waals surface area contributed by atoms with Crippen molar-refractivity contribution in [2.45, 2.75) is 25.3 Å². The molecule has 0 saturated carbocycles. The Morgan fingerprint density at radius 2 is 2.40 bits per heavy atom. The van der Waals surface area contributed by atoms with Gasteiger partial charge >= 0.3 is 0 Å². The molecule has 2 aromatic heterocycles. The molecule has 0 bridgehead atoms. The topological polar surface area (TPSA) is 79.8 Å². The first kappa shape index (κ1) is 12.7. The third kappa shape index (κ3) is 2.36. The first-order valence-electron chi connectivity index (χ1n) is 6.63. The minimum atomic E-state index is -0.196. The van der Waals surface area contributed by atoms with Crippen molar-refractivity contribution in [1.82, 2.24) is 20.1 Å². The molecule has 0 spiro atoms. The molecule has 1 amide bonds. The van der Waals surface area contributed by atoms with Gasteiger partial charge in [-0.3, -0.25) is 9.59 Å². The van der Waals surface area contributed by atoms with Gasteiger partial charge in [0.05, 0.1) is 5.69 Å². The molecule has 1 atom stereocenters. The zero-order valence-corrected chi connectivity index (χ0v) is 11.2. The number of H-pyrrole nitrogens is 1. The highest BCUT2D eigenvalue weighted by atomic mass is 16.2. The average molecular weight is 272 g/mol. The molecular weight excluding hydrogens is 256 g/mol. The summed E-state index contributed by atoms with van der Waals surface area (Å²) in [5, 5.41) is 9.51. The zero-order valence-electron chi connectivity index (χ0n) is 11.2. The Morgan fingerprint density at radius 3 is 3.15 bits per heavy atom. The van der Waals surface area contributed by atoms with Crippen LogP contribution in [0.1, 0.15) is 28.2 Å². The summed E-state index contributed by atoms with van der Waals surface area (Å²) in [6.07, 6.45) is 4.10. The van der Waals surface area contributed by atoms with Crippen LogP contribution >= 0.6 is 0 Å². The number of hydrogen-bond acceptors (Lipinski definition) is 3. The number of fused-ring (bicyclic) bond motifs is 1. The second-order valence-corrected chi connectivity index (χ2v) is 5.12. The van der Waals surface area contributed by atoms with Gasteiger partial charge in [0, 0.05) is 25.4 Å². The van der Waals surface area contributed by atoms with Gasteiger partial charge in [-0.05, 0) is 37.0 Å². The van der Waals surface area contributed by atoms with Gasteiger partial charge in [-0.1, -0.05) is 0 Å². The van der Waals surface area contributed by atoms with E-state index in [1.807, 2.05) is 19.3 Å². The number of carbonyl (C=O) groups excluding carboxylic acids is 1. The molecule has 0 aliphatic heterocycles. The van der Waals surface area contributed by atoms with Crippen molar-refractivity contribution in [1.29, 1.82) is 0 Å². The van der Waals surface area contributed by atoms with Crippen LogP contribution in [0.4, 0.5) is 0 Å². The van der Waals surface area contributed by atoms with Crippen LogP contribution in [0, 0.1) is 0 Å². The van der Waals surface area contributed by atoms with Gasteiger partial charge in [-0.25, -0.2) is 5.10 Å². The molecule has 2 aromatic rings. The molecule has 6 nitrogen and oxygen atoms in total. The second kappa shape index (κ2) is 4.96. The highest BCUT2D eigenvalue weighted by Gasteiger charge is 2.22. The fourth-order valence-electron chi connectivity index (χ4n) is 2.62. The van der Waals surface area contributed by atoms with Gasteiger partial charge in [-0.2, -0.15) is 5.10 Å². The predicted molar refractivity (Wildman–Crippen MR) is 73.5 cm³/mol. The molecule has 0 fully saturated rings. The van der Waals surface area contributed by atoms with E-state index in [2.05, 4.69) is 15.5 Å². The smallest absolute Gasteiger partial charge is 0.268 e. The minimum Gasteiger partial charge on any atom is -0.348 e. The van der Waals surface area contributed by atoms with Crippen LogP contribution < -0.4 is 10.9 Å². The summed E-state index contributed by atoms with van der Waals surface area (Å²) in [5.74, 6) is -0.0799. The van der Waals surface area contributed by atoms with Crippen LogP contribution in [-0.2, 0) is 19.9 Å². The lowest BCUT2D eigenvalue weighted by Crippen LogP contribution is -2.40. The number of aromatic amines is 1. The van der Waals surface area contributed by atoms with Gasteiger partial charge in [0.2, 0.25) is 0 Å². The van der Waals surface area contributed by atoms with Crippen LogP contribution in [0.2, 0.25) is 0 Å². The highest BCUT2D eigenvalue weighted by molar-refractivity contribution is 5.92. The van der Waals surface area contributed by atoms with Gasteiger partial charge in [0.25, 0.3) is 11.5 Å². The minimum absolute atomic E-state index is 0.0495. The quantitative estimate of drug-likeness (QED) is 0.830.